The summed E-state index contributed by atoms with van der Waals surface area (Å²) >= 11 is 0. The lowest BCUT2D eigenvalue weighted by Crippen LogP contribution is -2.12. The Morgan fingerprint density at radius 3 is 2.20 bits per heavy atom. The smallest absolute Gasteiger partial charge is 0.336 e. The van der Waals surface area contributed by atoms with E-state index in [0.717, 1.165) is 6.92 Å². The SMILES string of the molecule is CC(=O)OCc1c(OC(C)=O)c(OC(C)=O)cc2c(C)cc(=O)oc12. The highest BCUT2D eigenvalue weighted by Gasteiger charge is 2.23. The van der Waals surface area contributed by atoms with Crippen molar-refractivity contribution in [2.75, 3.05) is 0 Å². The molecule has 0 amide bonds. The lowest BCUT2D eigenvalue weighted by molar-refractivity contribution is -0.142. The van der Waals surface area contributed by atoms with Crippen molar-refractivity contribution >= 4 is 28.9 Å². The standard InChI is InChI=1S/C17H16O8/c1-8-5-15(21)25-16-12(8)6-14(23-10(3)19)17(24-11(4)20)13(16)7-22-9(2)18/h5-6H,7H2,1-4H3. The van der Waals surface area contributed by atoms with E-state index in [1.165, 1.54) is 26.0 Å². The summed E-state index contributed by atoms with van der Waals surface area (Å²) in [5.74, 6) is -2.11. The van der Waals surface area contributed by atoms with E-state index in [1.54, 1.807) is 6.92 Å². The van der Waals surface area contributed by atoms with Crippen LogP contribution in [0.2, 0.25) is 0 Å². The molecule has 0 atom stereocenters. The van der Waals surface area contributed by atoms with E-state index in [0.29, 0.717) is 10.9 Å². The zero-order chi connectivity index (χ0) is 18.7. The van der Waals surface area contributed by atoms with Crippen molar-refractivity contribution in [2.24, 2.45) is 0 Å². The first-order valence-electron chi connectivity index (χ1n) is 7.29. The van der Waals surface area contributed by atoms with Crippen LogP contribution in [0, 0.1) is 6.92 Å². The van der Waals surface area contributed by atoms with Crippen molar-refractivity contribution in [3.8, 4) is 11.5 Å². The second-order valence-corrected chi connectivity index (χ2v) is 5.28. The fourth-order valence-electron chi connectivity index (χ4n) is 2.26. The van der Waals surface area contributed by atoms with E-state index in [-0.39, 0.29) is 29.3 Å². The molecule has 0 spiro atoms. The maximum Gasteiger partial charge on any atom is 0.336 e. The summed E-state index contributed by atoms with van der Waals surface area (Å²) < 4.78 is 20.4. The van der Waals surface area contributed by atoms with E-state index in [2.05, 4.69) is 0 Å². The van der Waals surface area contributed by atoms with Gasteiger partial charge in [0.2, 0.25) is 0 Å². The lowest BCUT2D eigenvalue weighted by atomic mass is 10.1. The van der Waals surface area contributed by atoms with Crippen LogP contribution >= 0.6 is 0 Å². The van der Waals surface area contributed by atoms with Crippen LogP contribution in [-0.2, 0) is 25.7 Å². The Morgan fingerprint density at radius 1 is 1.00 bits per heavy atom. The van der Waals surface area contributed by atoms with Gasteiger partial charge in [-0.05, 0) is 18.6 Å². The largest absolute Gasteiger partial charge is 0.461 e. The molecule has 0 aliphatic heterocycles. The minimum Gasteiger partial charge on any atom is -0.461 e. The second kappa shape index (κ2) is 7.16. The third kappa shape index (κ3) is 4.23. The number of fused-ring (bicyclic) bond motifs is 1. The van der Waals surface area contributed by atoms with E-state index in [9.17, 15) is 19.2 Å². The van der Waals surface area contributed by atoms with Gasteiger partial charge in [0, 0.05) is 32.2 Å². The molecule has 2 rings (SSSR count). The Labute approximate surface area is 142 Å². The van der Waals surface area contributed by atoms with Crippen molar-refractivity contribution in [3.05, 3.63) is 33.7 Å². The summed E-state index contributed by atoms with van der Waals surface area (Å²) in [7, 11) is 0. The topological polar surface area (TPSA) is 109 Å². The summed E-state index contributed by atoms with van der Waals surface area (Å²) in [6, 6.07) is 2.69. The number of rotatable bonds is 4. The zero-order valence-electron chi connectivity index (χ0n) is 14.1. The molecule has 0 N–H and O–H groups in total. The van der Waals surface area contributed by atoms with Crippen LogP contribution in [-0.4, -0.2) is 17.9 Å². The van der Waals surface area contributed by atoms with Crippen LogP contribution < -0.4 is 15.1 Å². The molecule has 0 radical (unpaired) electrons. The quantitative estimate of drug-likeness (QED) is 0.469. The molecule has 1 aromatic carbocycles. The minimum atomic E-state index is -0.688. The first-order chi connectivity index (χ1) is 11.7. The van der Waals surface area contributed by atoms with Gasteiger partial charge in [-0.2, -0.15) is 0 Å². The number of benzene rings is 1. The molecule has 0 unspecified atom stereocenters. The predicted octanol–water partition coefficient (Wildman–Crippen LogP) is 2.02. The number of hydrogen-bond donors (Lipinski definition) is 0. The van der Waals surface area contributed by atoms with Crippen LogP contribution in [0.4, 0.5) is 0 Å². The van der Waals surface area contributed by atoms with Gasteiger partial charge in [0.1, 0.15) is 12.2 Å². The molecule has 8 heteroatoms. The van der Waals surface area contributed by atoms with Gasteiger partial charge in [0.05, 0.1) is 5.56 Å². The molecule has 0 saturated carbocycles. The number of hydrogen-bond acceptors (Lipinski definition) is 8. The van der Waals surface area contributed by atoms with Crippen molar-refractivity contribution in [3.63, 3.8) is 0 Å². The molecule has 0 bridgehead atoms. The Balaban J connectivity index is 2.84. The van der Waals surface area contributed by atoms with Gasteiger partial charge in [-0.15, -0.1) is 0 Å². The molecule has 25 heavy (non-hydrogen) atoms. The Kier molecular flexibility index (Phi) is 5.21. The zero-order valence-corrected chi connectivity index (χ0v) is 14.1. The number of carbonyl (C=O) groups is 3. The van der Waals surface area contributed by atoms with Crippen molar-refractivity contribution < 1.29 is 33.0 Å². The maximum atomic E-state index is 11.7. The average molecular weight is 348 g/mol. The molecule has 0 saturated heterocycles. The van der Waals surface area contributed by atoms with Crippen LogP contribution in [0.25, 0.3) is 11.0 Å². The number of aryl methyl sites for hydroxylation is 1. The van der Waals surface area contributed by atoms with Gasteiger partial charge in [-0.25, -0.2) is 4.79 Å². The van der Waals surface area contributed by atoms with Gasteiger partial charge in [-0.3, -0.25) is 14.4 Å². The summed E-state index contributed by atoms with van der Waals surface area (Å²) in [6.45, 7) is 4.87. The number of carbonyl (C=O) groups excluding carboxylic acids is 3. The Bertz CT molecular complexity index is 922. The van der Waals surface area contributed by atoms with Gasteiger partial charge in [-0.1, -0.05) is 0 Å². The first kappa shape index (κ1) is 18.2. The molecule has 1 heterocycles. The summed E-state index contributed by atoms with van der Waals surface area (Å²) in [6.07, 6.45) is 0. The highest BCUT2D eigenvalue weighted by molar-refractivity contribution is 5.90. The minimum absolute atomic E-state index is 0.0469. The highest BCUT2D eigenvalue weighted by atomic mass is 16.6. The third-order valence-electron chi connectivity index (χ3n) is 3.17. The van der Waals surface area contributed by atoms with Crippen LogP contribution in [0.5, 0.6) is 11.5 Å². The summed E-state index contributed by atoms with van der Waals surface area (Å²) in [4.78, 5) is 45.7. The Hall–Kier alpha value is -3.16. The lowest BCUT2D eigenvalue weighted by Gasteiger charge is -2.16. The van der Waals surface area contributed by atoms with Crippen LogP contribution in [0.3, 0.4) is 0 Å². The van der Waals surface area contributed by atoms with Gasteiger partial charge in [0.25, 0.3) is 0 Å². The second-order valence-electron chi connectivity index (χ2n) is 5.28. The summed E-state index contributed by atoms with van der Waals surface area (Å²) in [5, 5.41) is 0.453. The van der Waals surface area contributed by atoms with Crippen molar-refractivity contribution in [1.82, 2.24) is 0 Å². The molecule has 0 aliphatic carbocycles. The molecule has 0 fully saturated rings. The van der Waals surface area contributed by atoms with E-state index in [4.69, 9.17) is 18.6 Å². The average Bonchev–Trinajstić information content (AvgIpc) is 2.46. The molecule has 0 aliphatic rings. The molecular weight excluding hydrogens is 332 g/mol. The van der Waals surface area contributed by atoms with E-state index < -0.39 is 23.5 Å². The van der Waals surface area contributed by atoms with Gasteiger partial charge >= 0.3 is 23.5 Å². The van der Waals surface area contributed by atoms with Crippen LogP contribution in [0.1, 0.15) is 31.9 Å². The molecule has 132 valence electrons. The van der Waals surface area contributed by atoms with Gasteiger partial charge in [0.15, 0.2) is 11.5 Å². The van der Waals surface area contributed by atoms with Crippen LogP contribution in [0.15, 0.2) is 21.3 Å². The first-order valence-corrected chi connectivity index (χ1v) is 7.29. The molecule has 1 aromatic heterocycles. The van der Waals surface area contributed by atoms with E-state index >= 15 is 0 Å². The third-order valence-corrected chi connectivity index (χ3v) is 3.17. The molecule has 8 nitrogen and oxygen atoms in total. The monoisotopic (exact) mass is 348 g/mol. The predicted molar refractivity (Wildman–Crippen MR) is 85.3 cm³/mol. The molecule has 2 aromatic rings. The fraction of sp³-hybridized carbons (Fsp3) is 0.294. The number of ether oxygens (including phenoxy) is 3. The van der Waals surface area contributed by atoms with Crippen molar-refractivity contribution in [2.45, 2.75) is 34.3 Å². The summed E-state index contributed by atoms with van der Waals surface area (Å²) in [5.41, 5.74) is 0.125. The fourth-order valence-corrected chi connectivity index (χ4v) is 2.26. The molecular formula is C17H16O8. The van der Waals surface area contributed by atoms with E-state index in [1.807, 2.05) is 0 Å². The normalized spacial score (nSPS) is 10.4. The maximum absolute atomic E-state index is 11.7. The van der Waals surface area contributed by atoms with Gasteiger partial charge < -0.3 is 18.6 Å². The Morgan fingerprint density at radius 2 is 1.64 bits per heavy atom. The van der Waals surface area contributed by atoms with Crippen molar-refractivity contribution in [1.29, 1.82) is 0 Å². The number of esters is 3. The highest BCUT2D eigenvalue weighted by Crippen LogP contribution is 2.39.